The van der Waals surface area contributed by atoms with Gasteiger partial charge in [-0.1, -0.05) is 66.7 Å². The van der Waals surface area contributed by atoms with Crippen LogP contribution in [0.1, 0.15) is 12.8 Å². The van der Waals surface area contributed by atoms with E-state index < -0.39 is 9.84 Å². The van der Waals surface area contributed by atoms with Crippen molar-refractivity contribution in [2.45, 2.75) is 22.6 Å². The van der Waals surface area contributed by atoms with Gasteiger partial charge >= 0.3 is 0 Å². The molecule has 1 aliphatic carbocycles. The summed E-state index contributed by atoms with van der Waals surface area (Å²) in [5.74, 6) is 0. The van der Waals surface area contributed by atoms with Crippen molar-refractivity contribution in [2.24, 2.45) is 0 Å². The largest absolute Gasteiger partial charge is 0.314 e. The molecule has 4 nitrogen and oxygen atoms in total. The molecule has 5 aromatic rings. The predicted octanol–water partition coefficient (Wildman–Crippen LogP) is 9.36. The van der Waals surface area contributed by atoms with E-state index in [9.17, 15) is 8.42 Å². The molecule has 0 unspecified atom stereocenters. The molecule has 1 aliphatic rings. The lowest BCUT2D eigenvalue weighted by atomic mass is 10.1. The maximum atomic E-state index is 13.7. The Labute approximate surface area is 242 Å². The van der Waals surface area contributed by atoms with E-state index in [0.717, 1.165) is 41.3 Å². The van der Waals surface area contributed by atoms with Crippen LogP contribution < -0.4 is 9.80 Å². The highest BCUT2D eigenvalue weighted by Crippen LogP contribution is 2.36. The highest BCUT2D eigenvalue weighted by atomic mass is 32.2. The minimum atomic E-state index is -3.71. The Morgan fingerprint density at radius 2 is 0.854 bits per heavy atom. The van der Waals surface area contributed by atoms with Crippen molar-refractivity contribution >= 4 is 38.3 Å². The number of allylic oxidation sites excluding steroid dienone is 4. The fraction of sp³-hybridized carbons (Fsp3) is 0.0556. The Kier molecular flexibility index (Phi) is 7.52. The molecule has 6 rings (SSSR count). The fourth-order valence-electron chi connectivity index (χ4n) is 5.12. The topological polar surface area (TPSA) is 40.6 Å². The van der Waals surface area contributed by atoms with Gasteiger partial charge in [-0.25, -0.2) is 8.42 Å². The molecule has 5 heteroatoms. The highest BCUT2D eigenvalue weighted by molar-refractivity contribution is 7.91. The van der Waals surface area contributed by atoms with Crippen LogP contribution in [0.4, 0.5) is 28.4 Å². The van der Waals surface area contributed by atoms with E-state index in [1.54, 1.807) is 24.3 Å². The molecule has 0 heterocycles. The quantitative estimate of drug-likeness (QED) is 0.192. The van der Waals surface area contributed by atoms with Crippen molar-refractivity contribution in [1.82, 2.24) is 0 Å². The van der Waals surface area contributed by atoms with Gasteiger partial charge in [0.2, 0.25) is 9.84 Å². The summed E-state index contributed by atoms with van der Waals surface area (Å²) in [6.07, 6.45) is 8.25. The zero-order valence-electron chi connectivity index (χ0n) is 22.5. The lowest BCUT2D eigenvalue weighted by molar-refractivity contribution is 0.596. The molecule has 41 heavy (non-hydrogen) atoms. The van der Waals surface area contributed by atoms with Crippen molar-refractivity contribution in [2.75, 3.05) is 9.80 Å². The molecule has 0 spiro atoms. The lowest BCUT2D eigenvalue weighted by Crippen LogP contribution is -2.17. The molecule has 0 bridgehead atoms. The van der Waals surface area contributed by atoms with Crippen LogP contribution in [0.25, 0.3) is 0 Å². The van der Waals surface area contributed by atoms with Crippen molar-refractivity contribution in [3.05, 3.63) is 163 Å². The SMILES string of the molecule is O=S(=O)(c1ccc(N(C2=CC=CCC2)c2ccccc2)cc1)c1ccc(N(c2ccccc2)c2ccccc2)cc1. The minimum absolute atomic E-state index is 0.259. The summed E-state index contributed by atoms with van der Waals surface area (Å²) in [6, 6.07) is 44.5. The van der Waals surface area contributed by atoms with E-state index in [-0.39, 0.29) is 9.79 Å². The summed E-state index contributed by atoms with van der Waals surface area (Å²) < 4.78 is 27.3. The fourth-order valence-corrected chi connectivity index (χ4v) is 6.38. The second kappa shape index (κ2) is 11.7. The van der Waals surface area contributed by atoms with Crippen LogP contribution in [0.3, 0.4) is 0 Å². The standard InChI is InChI=1S/C36H30N2O2S/c39-41(40,35-25-21-33(22-26-35)37(29-13-5-1-6-14-29)30-15-7-2-8-16-30)36-27-23-34(24-28-36)38(31-17-9-3-10-18-31)32-19-11-4-12-20-32/h1-11,13-19,21-28H,12,20H2. The van der Waals surface area contributed by atoms with Gasteiger partial charge in [-0.15, -0.1) is 0 Å². The Morgan fingerprint density at radius 3 is 1.27 bits per heavy atom. The third-order valence-electron chi connectivity index (χ3n) is 7.13. The number of hydrogen-bond acceptors (Lipinski definition) is 4. The van der Waals surface area contributed by atoms with Gasteiger partial charge in [0.15, 0.2) is 0 Å². The van der Waals surface area contributed by atoms with Crippen LogP contribution >= 0.6 is 0 Å². The Balaban J connectivity index is 1.31. The monoisotopic (exact) mass is 554 g/mol. The molecule has 5 aromatic carbocycles. The smallest absolute Gasteiger partial charge is 0.206 e. The maximum Gasteiger partial charge on any atom is 0.206 e. The van der Waals surface area contributed by atoms with Gasteiger partial charge in [-0.3, -0.25) is 0 Å². The molecule has 202 valence electrons. The number of sulfone groups is 1. The van der Waals surface area contributed by atoms with Crippen LogP contribution in [0, 0.1) is 0 Å². The first-order chi connectivity index (χ1) is 20.1. The molecule has 0 saturated carbocycles. The maximum absolute atomic E-state index is 13.7. The molecule has 0 atom stereocenters. The summed E-state index contributed by atoms with van der Waals surface area (Å²) in [7, 11) is -3.71. The summed E-state index contributed by atoms with van der Waals surface area (Å²) in [6.45, 7) is 0. The van der Waals surface area contributed by atoms with Crippen molar-refractivity contribution in [3.63, 3.8) is 0 Å². The van der Waals surface area contributed by atoms with Gasteiger partial charge in [0.05, 0.1) is 9.79 Å². The second-order valence-corrected chi connectivity index (χ2v) is 11.7. The summed E-state index contributed by atoms with van der Waals surface area (Å²) in [4.78, 5) is 4.83. The normalized spacial score (nSPS) is 12.9. The highest BCUT2D eigenvalue weighted by Gasteiger charge is 2.21. The van der Waals surface area contributed by atoms with Gasteiger partial charge in [0.1, 0.15) is 0 Å². The van der Waals surface area contributed by atoms with Crippen LogP contribution in [0.2, 0.25) is 0 Å². The van der Waals surface area contributed by atoms with Crippen LogP contribution in [-0.2, 0) is 9.84 Å². The molecule has 0 fully saturated rings. The van der Waals surface area contributed by atoms with Gasteiger partial charge < -0.3 is 9.80 Å². The first-order valence-electron chi connectivity index (χ1n) is 13.7. The number of anilines is 5. The summed E-state index contributed by atoms with van der Waals surface area (Å²) >= 11 is 0. The van der Waals surface area contributed by atoms with Crippen molar-refractivity contribution < 1.29 is 8.42 Å². The minimum Gasteiger partial charge on any atom is -0.314 e. The second-order valence-electron chi connectivity index (χ2n) is 9.79. The molecule has 0 amide bonds. The molecule has 0 saturated heterocycles. The van der Waals surface area contributed by atoms with Crippen molar-refractivity contribution in [3.8, 4) is 0 Å². The average molecular weight is 555 g/mol. The number of hydrogen-bond donors (Lipinski definition) is 0. The molecule has 0 aliphatic heterocycles. The van der Waals surface area contributed by atoms with Crippen LogP contribution in [0.5, 0.6) is 0 Å². The lowest BCUT2D eigenvalue weighted by Gasteiger charge is -2.29. The van der Waals surface area contributed by atoms with E-state index in [2.05, 4.69) is 40.2 Å². The van der Waals surface area contributed by atoms with Crippen LogP contribution in [-0.4, -0.2) is 8.42 Å². The van der Waals surface area contributed by atoms with E-state index in [4.69, 9.17) is 0 Å². The van der Waals surface area contributed by atoms with E-state index >= 15 is 0 Å². The number of rotatable bonds is 8. The van der Waals surface area contributed by atoms with E-state index in [0.29, 0.717) is 0 Å². The number of para-hydroxylation sites is 3. The first kappa shape index (κ1) is 26.4. The third-order valence-corrected chi connectivity index (χ3v) is 8.92. The Morgan fingerprint density at radius 1 is 0.463 bits per heavy atom. The number of nitrogens with zero attached hydrogens (tertiary/aromatic N) is 2. The molecular weight excluding hydrogens is 524 g/mol. The van der Waals surface area contributed by atoms with Gasteiger partial charge in [0.25, 0.3) is 0 Å². The molecule has 0 radical (unpaired) electrons. The van der Waals surface area contributed by atoms with Gasteiger partial charge in [-0.05, 0) is 104 Å². The Hall–Kier alpha value is -4.87. The van der Waals surface area contributed by atoms with E-state index in [1.165, 1.54) is 5.70 Å². The zero-order valence-corrected chi connectivity index (χ0v) is 23.4. The number of benzene rings is 5. The summed E-state index contributed by atoms with van der Waals surface area (Å²) in [5.41, 5.74) is 6.01. The van der Waals surface area contributed by atoms with E-state index in [1.807, 2.05) is 103 Å². The molecular formula is C36H30N2O2S. The molecule has 0 N–H and O–H groups in total. The average Bonchev–Trinajstić information content (AvgIpc) is 3.04. The predicted molar refractivity (Wildman–Crippen MR) is 168 cm³/mol. The van der Waals surface area contributed by atoms with Crippen molar-refractivity contribution in [1.29, 1.82) is 0 Å². The van der Waals surface area contributed by atoms with Gasteiger partial charge in [-0.2, -0.15) is 0 Å². The van der Waals surface area contributed by atoms with Gasteiger partial charge in [0, 0.05) is 34.1 Å². The first-order valence-corrected chi connectivity index (χ1v) is 15.2. The molecule has 0 aromatic heterocycles. The summed E-state index contributed by atoms with van der Waals surface area (Å²) in [5, 5.41) is 0. The van der Waals surface area contributed by atoms with Crippen LogP contribution in [0.15, 0.2) is 173 Å². The zero-order chi connectivity index (χ0) is 28.1. The Bertz CT molecular complexity index is 1720. The third kappa shape index (κ3) is 5.58.